The van der Waals surface area contributed by atoms with Gasteiger partial charge in [-0.25, -0.2) is 0 Å². The van der Waals surface area contributed by atoms with Crippen molar-refractivity contribution in [1.29, 1.82) is 0 Å². The minimum Gasteiger partial charge on any atom is -0.310 e. The van der Waals surface area contributed by atoms with E-state index in [0.717, 1.165) is 5.69 Å². The van der Waals surface area contributed by atoms with Crippen molar-refractivity contribution in [3.63, 3.8) is 0 Å². The molecule has 0 heterocycles. The van der Waals surface area contributed by atoms with Crippen molar-refractivity contribution in [2.24, 2.45) is 0 Å². The van der Waals surface area contributed by atoms with E-state index in [0.29, 0.717) is 0 Å². The fourth-order valence-electron chi connectivity index (χ4n) is 8.42. The molecule has 1 nitrogen and oxygen atoms in total. The van der Waals surface area contributed by atoms with E-state index in [9.17, 15) is 0 Å². The maximum atomic E-state index is 2.48. The summed E-state index contributed by atoms with van der Waals surface area (Å²) in [5, 5.41) is 2.63. The Kier molecular flexibility index (Phi) is 5.96. The summed E-state index contributed by atoms with van der Waals surface area (Å²) in [5.41, 5.74) is 16.6. The SMILES string of the molecule is CC1(C)c2ccccc2-c2ccc(N(c3ccccc3)c3ccc4cccc5c4c3-c3ccc(-c4ccccc4)cc3C5(C)C)cc21. The molecule has 9 rings (SSSR count). The molecule has 1 heteroatoms. The zero-order chi connectivity index (χ0) is 31.9. The lowest BCUT2D eigenvalue weighted by Gasteiger charge is -2.38. The number of benzene rings is 7. The van der Waals surface area contributed by atoms with Crippen LogP contribution in [0.25, 0.3) is 44.2 Å². The maximum Gasteiger partial charge on any atom is 0.0546 e. The molecule has 0 saturated carbocycles. The van der Waals surface area contributed by atoms with Gasteiger partial charge in [0.1, 0.15) is 0 Å². The van der Waals surface area contributed by atoms with Gasteiger partial charge in [0.05, 0.1) is 5.69 Å². The van der Waals surface area contributed by atoms with Crippen molar-refractivity contribution < 1.29 is 0 Å². The van der Waals surface area contributed by atoms with Crippen LogP contribution in [-0.4, -0.2) is 0 Å². The van der Waals surface area contributed by atoms with Crippen LogP contribution in [-0.2, 0) is 10.8 Å². The highest BCUT2D eigenvalue weighted by atomic mass is 15.1. The van der Waals surface area contributed by atoms with Gasteiger partial charge >= 0.3 is 0 Å². The van der Waals surface area contributed by atoms with E-state index in [1.165, 1.54) is 77.8 Å². The lowest BCUT2D eigenvalue weighted by atomic mass is 9.67. The first-order valence-corrected chi connectivity index (χ1v) is 16.7. The molecule has 0 bridgehead atoms. The van der Waals surface area contributed by atoms with Crippen LogP contribution in [0.3, 0.4) is 0 Å². The monoisotopic (exact) mass is 603 g/mol. The zero-order valence-corrected chi connectivity index (χ0v) is 27.4. The molecule has 0 spiro atoms. The van der Waals surface area contributed by atoms with Gasteiger partial charge in [0.2, 0.25) is 0 Å². The van der Waals surface area contributed by atoms with Crippen molar-refractivity contribution in [3.8, 4) is 33.4 Å². The van der Waals surface area contributed by atoms with Crippen LogP contribution >= 0.6 is 0 Å². The van der Waals surface area contributed by atoms with Gasteiger partial charge in [0.25, 0.3) is 0 Å². The molecule has 0 fully saturated rings. The number of hydrogen-bond acceptors (Lipinski definition) is 1. The predicted molar refractivity (Wildman–Crippen MR) is 199 cm³/mol. The third-order valence-electron chi connectivity index (χ3n) is 10.8. The van der Waals surface area contributed by atoms with Crippen molar-refractivity contribution in [3.05, 3.63) is 174 Å². The third-order valence-corrected chi connectivity index (χ3v) is 10.8. The van der Waals surface area contributed by atoms with Crippen LogP contribution in [0.1, 0.15) is 49.9 Å². The molecule has 47 heavy (non-hydrogen) atoms. The average molecular weight is 604 g/mol. The first-order chi connectivity index (χ1) is 22.8. The zero-order valence-electron chi connectivity index (χ0n) is 27.4. The van der Waals surface area contributed by atoms with E-state index in [1.807, 2.05) is 0 Å². The number of anilines is 3. The highest BCUT2D eigenvalue weighted by molar-refractivity contribution is 6.10. The molecule has 0 atom stereocenters. The summed E-state index contributed by atoms with van der Waals surface area (Å²) in [6, 6.07) is 56.3. The molecule has 2 aliphatic carbocycles. The summed E-state index contributed by atoms with van der Waals surface area (Å²) in [6.45, 7) is 9.51. The summed E-state index contributed by atoms with van der Waals surface area (Å²) in [5.74, 6) is 0. The summed E-state index contributed by atoms with van der Waals surface area (Å²) in [4.78, 5) is 2.48. The second-order valence-corrected chi connectivity index (χ2v) is 14.2. The lowest BCUT2D eigenvalue weighted by Crippen LogP contribution is -2.25. The minimum atomic E-state index is -0.161. The standard InChI is InChI=1S/C46H37N/c1-45(2)38-20-12-11-19-35(38)36-26-24-34(29-41(36)45)47(33-17-9-6-10-18-33)42-27-23-31-16-13-21-39-43(31)44(42)37-25-22-32(28-40(37)46(39,3)4)30-14-7-5-8-15-30/h5-29H,1-4H3. The van der Waals surface area contributed by atoms with Gasteiger partial charge < -0.3 is 4.90 Å². The van der Waals surface area contributed by atoms with Gasteiger partial charge in [-0.1, -0.05) is 143 Å². The third kappa shape index (κ3) is 4.02. The van der Waals surface area contributed by atoms with E-state index in [-0.39, 0.29) is 10.8 Å². The number of rotatable bonds is 4. The molecule has 0 aromatic heterocycles. The maximum absolute atomic E-state index is 2.48. The van der Waals surface area contributed by atoms with Crippen molar-refractivity contribution >= 4 is 27.8 Å². The first-order valence-electron chi connectivity index (χ1n) is 16.7. The van der Waals surface area contributed by atoms with E-state index < -0.39 is 0 Å². The minimum absolute atomic E-state index is 0.0838. The summed E-state index contributed by atoms with van der Waals surface area (Å²) >= 11 is 0. The predicted octanol–water partition coefficient (Wildman–Crippen LogP) is 12.6. The first kappa shape index (κ1) is 27.9. The molecular formula is C46H37N. The van der Waals surface area contributed by atoms with Gasteiger partial charge in [-0.2, -0.15) is 0 Å². The lowest BCUT2D eigenvalue weighted by molar-refractivity contribution is 0.645. The van der Waals surface area contributed by atoms with Gasteiger partial charge in [-0.05, 0) is 97.2 Å². The van der Waals surface area contributed by atoms with Crippen LogP contribution in [0, 0.1) is 0 Å². The Morgan fingerprint density at radius 3 is 1.85 bits per heavy atom. The molecule has 0 aliphatic heterocycles. The molecule has 0 amide bonds. The van der Waals surface area contributed by atoms with E-state index in [4.69, 9.17) is 0 Å². The summed E-state index contributed by atoms with van der Waals surface area (Å²) in [6.07, 6.45) is 0. The van der Waals surface area contributed by atoms with Crippen LogP contribution in [0.5, 0.6) is 0 Å². The van der Waals surface area contributed by atoms with Crippen LogP contribution in [0.2, 0.25) is 0 Å². The number of fused-ring (bicyclic) bond motifs is 5. The largest absolute Gasteiger partial charge is 0.310 e. The molecule has 7 aromatic carbocycles. The van der Waals surface area contributed by atoms with Crippen molar-refractivity contribution in [1.82, 2.24) is 0 Å². The Morgan fingerprint density at radius 2 is 1.04 bits per heavy atom. The fourth-order valence-corrected chi connectivity index (χ4v) is 8.42. The average Bonchev–Trinajstić information content (AvgIpc) is 3.34. The summed E-state index contributed by atoms with van der Waals surface area (Å²) in [7, 11) is 0. The van der Waals surface area contributed by atoms with E-state index in [1.54, 1.807) is 0 Å². The molecule has 0 N–H and O–H groups in total. The Morgan fingerprint density at radius 1 is 0.404 bits per heavy atom. The molecule has 0 saturated heterocycles. The number of para-hydroxylation sites is 1. The van der Waals surface area contributed by atoms with Gasteiger partial charge in [0.15, 0.2) is 0 Å². The quantitative estimate of drug-likeness (QED) is 0.193. The number of hydrogen-bond donors (Lipinski definition) is 0. The normalized spacial score (nSPS) is 14.7. The second kappa shape index (κ2) is 10.0. The van der Waals surface area contributed by atoms with Crippen LogP contribution < -0.4 is 4.90 Å². The molecule has 2 aliphatic rings. The highest BCUT2D eigenvalue weighted by Gasteiger charge is 2.38. The Bertz CT molecular complexity index is 2340. The topological polar surface area (TPSA) is 3.24 Å². The van der Waals surface area contributed by atoms with Gasteiger partial charge in [0, 0.05) is 27.8 Å². The molecule has 0 radical (unpaired) electrons. The van der Waals surface area contributed by atoms with Crippen LogP contribution in [0.4, 0.5) is 17.1 Å². The highest BCUT2D eigenvalue weighted by Crippen LogP contribution is 2.55. The van der Waals surface area contributed by atoms with Gasteiger partial charge in [-0.3, -0.25) is 0 Å². The van der Waals surface area contributed by atoms with E-state index >= 15 is 0 Å². The Hall–Kier alpha value is -5.40. The fraction of sp³-hybridized carbons (Fsp3) is 0.130. The van der Waals surface area contributed by atoms with Crippen LogP contribution in [0.15, 0.2) is 152 Å². The van der Waals surface area contributed by atoms with Gasteiger partial charge in [-0.15, -0.1) is 0 Å². The van der Waals surface area contributed by atoms with Crippen molar-refractivity contribution in [2.75, 3.05) is 4.90 Å². The second-order valence-electron chi connectivity index (χ2n) is 14.2. The molecule has 226 valence electrons. The molecule has 0 unspecified atom stereocenters. The summed E-state index contributed by atoms with van der Waals surface area (Å²) < 4.78 is 0. The van der Waals surface area contributed by atoms with Crippen molar-refractivity contribution in [2.45, 2.75) is 38.5 Å². The smallest absolute Gasteiger partial charge is 0.0546 e. The van der Waals surface area contributed by atoms with E-state index in [2.05, 4.69) is 184 Å². The Labute approximate surface area is 277 Å². The molecular weight excluding hydrogens is 567 g/mol. The number of nitrogens with zero attached hydrogens (tertiary/aromatic N) is 1. The Balaban J connectivity index is 1.33. The molecule has 7 aromatic rings.